The molecule has 1 aromatic heterocycles. The Morgan fingerprint density at radius 1 is 1.48 bits per heavy atom. The summed E-state index contributed by atoms with van der Waals surface area (Å²) in [6.45, 7) is 10.8. The van der Waals surface area contributed by atoms with Crippen LogP contribution in [0.2, 0.25) is 0 Å². The van der Waals surface area contributed by atoms with E-state index < -0.39 is 11.7 Å². The Bertz CT molecular complexity index is 536. The van der Waals surface area contributed by atoms with Crippen molar-refractivity contribution in [2.24, 2.45) is 5.92 Å². The van der Waals surface area contributed by atoms with Crippen LogP contribution < -0.4 is 0 Å². The lowest BCUT2D eigenvalue weighted by molar-refractivity contribution is 0.0268. The molecule has 1 fully saturated rings. The van der Waals surface area contributed by atoms with Crippen LogP contribution in [-0.2, 0) is 11.2 Å². The third kappa shape index (κ3) is 4.67. The summed E-state index contributed by atoms with van der Waals surface area (Å²) in [5.74, 6) is 0.822. The van der Waals surface area contributed by atoms with Crippen LogP contribution in [0.4, 0.5) is 4.79 Å². The Labute approximate surface area is 137 Å². The van der Waals surface area contributed by atoms with Gasteiger partial charge in [-0.1, -0.05) is 0 Å². The Hall–Kier alpha value is -1.63. The molecule has 0 bridgehead atoms. The van der Waals surface area contributed by atoms with E-state index >= 15 is 0 Å². The molecule has 1 aromatic rings. The minimum Gasteiger partial charge on any atom is -0.444 e. The first-order valence-corrected chi connectivity index (χ1v) is 8.21. The highest BCUT2D eigenvalue weighted by Crippen LogP contribution is 2.24. The van der Waals surface area contributed by atoms with E-state index in [0.29, 0.717) is 19.5 Å². The highest BCUT2D eigenvalue weighted by molar-refractivity contribution is 5.68. The molecule has 2 atom stereocenters. The zero-order valence-electron chi connectivity index (χ0n) is 14.7. The van der Waals surface area contributed by atoms with Crippen LogP contribution in [0.5, 0.6) is 0 Å². The van der Waals surface area contributed by atoms with Crippen molar-refractivity contribution in [1.29, 1.82) is 0 Å². The summed E-state index contributed by atoms with van der Waals surface area (Å²) < 4.78 is 7.21. The van der Waals surface area contributed by atoms with Gasteiger partial charge >= 0.3 is 6.09 Å². The van der Waals surface area contributed by atoms with Gasteiger partial charge in [-0.15, -0.1) is 0 Å². The quantitative estimate of drug-likeness (QED) is 0.916. The topological polar surface area (TPSA) is 80.5 Å². The van der Waals surface area contributed by atoms with Gasteiger partial charge in [-0.3, -0.25) is 0 Å². The lowest BCUT2D eigenvalue weighted by Crippen LogP contribution is -2.36. The van der Waals surface area contributed by atoms with E-state index in [0.717, 1.165) is 12.2 Å². The maximum atomic E-state index is 12.1. The zero-order chi connectivity index (χ0) is 17.2. The molecule has 2 heterocycles. The number of nitrogens with zero attached hydrogens (tertiary/aromatic N) is 4. The first-order valence-electron chi connectivity index (χ1n) is 8.21. The van der Waals surface area contributed by atoms with Gasteiger partial charge in [0.15, 0.2) is 0 Å². The monoisotopic (exact) mass is 324 g/mol. The minimum atomic E-state index is -0.538. The van der Waals surface area contributed by atoms with Gasteiger partial charge < -0.3 is 14.7 Å². The fourth-order valence-corrected chi connectivity index (χ4v) is 2.80. The van der Waals surface area contributed by atoms with Crippen LogP contribution in [0.1, 0.15) is 52.9 Å². The molecule has 1 aliphatic heterocycles. The highest BCUT2D eigenvalue weighted by Gasteiger charge is 2.34. The van der Waals surface area contributed by atoms with Crippen molar-refractivity contribution in [3.63, 3.8) is 0 Å². The number of carbonyl (C=O) groups excluding carboxylic acids is 1. The second kappa shape index (κ2) is 6.86. The van der Waals surface area contributed by atoms with E-state index in [2.05, 4.69) is 10.1 Å². The SMILES string of the molecule is CC(C)n1ncnc1CC(O)C1CCN(C(=O)OC(C)(C)C)C1. The number of amides is 1. The van der Waals surface area contributed by atoms with E-state index in [9.17, 15) is 9.90 Å². The van der Waals surface area contributed by atoms with Crippen LogP contribution in [0.25, 0.3) is 0 Å². The van der Waals surface area contributed by atoms with Crippen LogP contribution >= 0.6 is 0 Å². The normalized spacial score (nSPS) is 20.1. The Balaban J connectivity index is 1.91. The summed E-state index contributed by atoms with van der Waals surface area (Å²) in [4.78, 5) is 18.0. The molecule has 130 valence electrons. The van der Waals surface area contributed by atoms with Crippen molar-refractivity contribution < 1.29 is 14.6 Å². The lowest BCUT2D eigenvalue weighted by atomic mass is 9.99. The molecule has 0 saturated carbocycles. The molecular weight excluding hydrogens is 296 g/mol. The summed E-state index contributed by atoms with van der Waals surface area (Å²) in [5, 5.41) is 14.7. The van der Waals surface area contributed by atoms with Crippen molar-refractivity contribution >= 4 is 6.09 Å². The number of aromatic nitrogens is 3. The van der Waals surface area contributed by atoms with Gasteiger partial charge in [0.1, 0.15) is 17.8 Å². The van der Waals surface area contributed by atoms with Gasteiger partial charge in [0, 0.05) is 31.5 Å². The molecule has 2 rings (SSSR count). The predicted molar refractivity (Wildman–Crippen MR) is 86.0 cm³/mol. The summed E-state index contributed by atoms with van der Waals surface area (Å²) in [6.07, 6.45) is 1.90. The minimum absolute atomic E-state index is 0.0415. The summed E-state index contributed by atoms with van der Waals surface area (Å²) in [5.41, 5.74) is -0.499. The third-order valence-electron chi connectivity index (χ3n) is 3.95. The van der Waals surface area contributed by atoms with E-state index in [1.807, 2.05) is 39.3 Å². The molecule has 7 heteroatoms. The van der Waals surface area contributed by atoms with Gasteiger partial charge in [-0.2, -0.15) is 5.10 Å². The van der Waals surface area contributed by atoms with Crippen LogP contribution in [0.3, 0.4) is 0 Å². The molecule has 1 amide bonds. The number of rotatable bonds is 4. The molecule has 0 spiro atoms. The number of aliphatic hydroxyl groups excluding tert-OH is 1. The van der Waals surface area contributed by atoms with E-state index in [4.69, 9.17) is 4.74 Å². The van der Waals surface area contributed by atoms with Gasteiger partial charge in [-0.05, 0) is 41.0 Å². The third-order valence-corrected chi connectivity index (χ3v) is 3.95. The summed E-state index contributed by atoms with van der Waals surface area (Å²) >= 11 is 0. The molecule has 1 saturated heterocycles. The number of hydrogen-bond donors (Lipinski definition) is 1. The van der Waals surface area contributed by atoms with Gasteiger partial charge in [0.05, 0.1) is 6.10 Å². The number of carbonyl (C=O) groups is 1. The average Bonchev–Trinajstić information content (AvgIpc) is 3.04. The van der Waals surface area contributed by atoms with Gasteiger partial charge in [0.25, 0.3) is 0 Å². The summed E-state index contributed by atoms with van der Waals surface area (Å²) in [7, 11) is 0. The zero-order valence-corrected chi connectivity index (χ0v) is 14.7. The van der Waals surface area contributed by atoms with E-state index in [-0.39, 0.29) is 18.1 Å². The van der Waals surface area contributed by atoms with Crippen molar-refractivity contribution in [2.45, 2.75) is 65.2 Å². The van der Waals surface area contributed by atoms with Crippen molar-refractivity contribution in [2.75, 3.05) is 13.1 Å². The van der Waals surface area contributed by atoms with Gasteiger partial charge in [-0.25, -0.2) is 14.5 Å². The largest absolute Gasteiger partial charge is 0.444 e. The highest BCUT2D eigenvalue weighted by atomic mass is 16.6. The van der Waals surface area contributed by atoms with Crippen molar-refractivity contribution in [3.8, 4) is 0 Å². The van der Waals surface area contributed by atoms with Crippen molar-refractivity contribution in [3.05, 3.63) is 12.2 Å². The van der Waals surface area contributed by atoms with E-state index in [1.165, 1.54) is 6.33 Å². The molecule has 0 radical (unpaired) electrons. The second-order valence-corrected chi connectivity index (χ2v) is 7.46. The molecule has 23 heavy (non-hydrogen) atoms. The molecule has 0 aliphatic carbocycles. The maximum Gasteiger partial charge on any atom is 0.410 e. The molecule has 0 aromatic carbocycles. The smallest absolute Gasteiger partial charge is 0.410 e. The Kier molecular flexibility index (Phi) is 5.29. The average molecular weight is 324 g/mol. The molecule has 1 aliphatic rings. The number of hydrogen-bond acceptors (Lipinski definition) is 5. The Morgan fingerprint density at radius 2 is 2.17 bits per heavy atom. The van der Waals surface area contributed by atoms with E-state index in [1.54, 1.807) is 4.90 Å². The fourth-order valence-electron chi connectivity index (χ4n) is 2.80. The van der Waals surface area contributed by atoms with Gasteiger partial charge in [0.2, 0.25) is 0 Å². The van der Waals surface area contributed by atoms with Crippen LogP contribution in [-0.4, -0.2) is 55.7 Å². The predicted octanol–water partition coefficient (Wildman–Crippen LogP) is 2.02. The molecule has 7 nitrogen and oxygen atoms in total. The summed E-state index contributed by atoms with van der Waals surface area (Å²) in [6, 6.07) is 0.210. The Morgan fingerprint density at radius 3 is 2.78 bits per heavy atom. The lowest BCUT2D eigenvalue weighted by Gasteiger charge is -2.25. The van der Waals surface area contributed by atoms with Crippen molar-refractivity contribution in [1.82, 2.24) is 19.7 Å². The molecule has 1 N–H and O–H groups in total. The fraction of sp³-hybridized carbons (Fsp3) is 0.812. The van der Waals surface area contributed by atoms with Crippen LogP contribution in [0, 0.1) is 5.92 Å². The first-order chi connectivity index (χ1) is 10.7. The number of aliphatic hydroxyl groups is 1. The molecular formula is C16H28N4O3. The maximum absolute atomic E-state index is 12.1. The number of ether oxygens (including phenoxy) is 1. The van der Waals surface area contributed by atoms with Crippen LogP contribution in [0.15, 0.2) is 6.33 Å². The first kappa shape index (κ1) is 17.7. The standard InChI is InChI=1S/C16H28N4O3/c1-11(2)20-14(17-10-18-20)8-13(21)12-6-7-19(9-12)15(22)23-16(3,4)5/h10-13,21H,6-9H2,1-5H3. The second-order valence-electron chi connectivity index (χ2n) is 7.46. The molecule has 2 unspecified atom stereocenters. The number of likely N-dealkylation sites (tertiary alicyclic amines) is 1.